The maximum atomic E-state index is 2.72. The van der Waals surface area contributed by atoms with Gasteiger partial charge in [-0.15, -0.1) is 0 Å². The summed E-state index contributed by atoms with van der Waals surface area (Å²) < 4.78 is 0. The van der Waals surface area contributed by atoms with Crippen molar-refractivity contribution in [3.8, 4) is 0 Å². The van der Waals surface area contributed by atoms with Crippen LogP contribution in [0.1, 0.15) is 128 Å². The zero-order valence-electron chi connectivity index (χ0n) is 20.6. The summed E-state index contributed by atoms with van der Waals surface area (Å²) >= 11 is 0. The summed E-state index contributed by atoms with van der Waals surface area (Å²) in [7, 11) is 0. The average molecular weight is 649 g/mol. The molecule has 0 spiro atoms. The number of nitrogens with two attached hydrogens (primary N) is 2. The first-order valence-electron chi connectivity index (χ1n) is 12.6. The molecule has 0 unspecified atom stereocenters. The van der Waals surface area contributed by atoms with Crippen molar-refractivity contribution in [3.63, 3.8) is 0 Å². The average Bonchev–Trinajstić information content (AvgIpc) is 2.72. The molecule has 0 aromatic rings. The van der Waals surface area contributed by atoms with E-state index in [-0.39, 0.29) is 53.9 Å². The van der Waals surface area contributed by atoms with Gasteiger partial charge in [0.1, 0.15) is 0 Å². The third-order valence-corrected chi connectivity index (χ3v) is 7.69. The quantitative estimate of drug-likeness (QED) is 0.450. The molecule has 4 aliphatic rings. The van der Waals surface area contributed by atoms with Crippen LogP contribution in [-0.4, -0.2) is 35.1 Å². The molecule has 4 fully saturated rings. The van der Waals surface area contributed by atoms with Crippen LogP contribution in [0, 0.1) is 0 Å². The van der Waals surface area contributed by atoms with Crippen molar-refractivity contribution in [2.75, 3.05) is 0 Å². The van der Waals surface area contributed by atoms with E-state index in [1.165, 1.54) is 128 Å². The van der Waals surface area contributed by atoms with Gasteiger partial charge >= 0.3 is 0 Å². The van der Waals surface area contributed by atoms with Crippen molar-refractivity contribution in [3.05, 3.63) is 0 Å². The molecule has 4 saturated carbocycles. The zero-order chi connectivity index (χ0) is 17.9. The fraction of sp³-hybridized carbons (Fsp3) is 1.00. The first-order valence-corrected chi connectivity index (χ1v) is 12.6. The van der Waals surface area contributed by atoms with Crippen molar-refractivity contribution in [2.45, 2.75) is 153 Å². The van der Waals surface area contributed by atoms with Crippen molar-refractivity contribution in [1.82, 2.24) is 0 Å². The third kappa shape index (κ3) is 18.3. The molecule has 0 amide bonds. The van der Waals surface area contributed by atoms with Gasteiger partial charge in [-0.05, 0) is 103 Å². The van der Waals surface area contributed by atoms with Crippen molar-refractivity contribution in [2.24, 2.45) is 0 Å². The Morgan fingerprint density at radius 2 is 0.455 bits per heavy atom. The van der Waals surface area contributed by atoms with E-state index in [1.807, 2.05) is 0 Å². The van der Waals surface area contributed by atoms with Crippen LogP contribution in [0.25, 0.3) is 0 Å². The van der Waals surface area contributed by atoms with Crippen molar-refractivity contribution >= 4 is 0 Å². The van der Waals surface area contributed by atoms with Crippen LogP contribution in [0.15, 0.2) is 0 Å². The third-order valence-electron chi connectivity index (χ3n) is 7.69. The summed E-state index contributed by atoms with van der Waals surface area (Å²) in [4.78, 5) is 0. The monoisotopic (exact) mass is 648 g/mol. The summed E-state index contributed by atoms with van der Waals surface area (Å²) in [6.07, 6.45) is 29.9. The Kier molecular flexibility index (Phi) is 35.5. The predicted octanol–water partition coefficient (Wildman–Crippen LogP) is 2.30. The molecule has 8 nitrogen and oxygen atoms in total. The SMILES string of the molecule is C1CCC([NH2+]C2CCCCC2)CC1.C1CCC([NH2+]C2CCCCC2)CC1.O.O.[O-2].[O-2].[O-2].[O-2].[W]. The number of hydrogen-bond acceptors (Lipinski definition) is 0. The normalized spacial score (nSPS) is 21.8. The van der Waals surface area contributed by atoms with E-state index in [4.69, 9.17) is 0 Å². The molecular weight excluding hydrogens is 596 g/mol. The van der Waals surface area contributed by atoms with E-state index in [1.54, 1.807) is 0 Å². The van der Waals surface area contributed by atoms with Gasteiger partial charge in [0.05, 0.1) is 24.2 Å². The minimum atomic E-state index is 0. The second-order valence-corrected chi connectivity index (χ2v) is 9.98. The fourth-order valence-electron chi connectivity index (χ4n) is 6.08. The molecule has 206 valence electrons. The van der Waals surface area contributed by atoms with Gasteiger partial charge in [0.2, 0.25) is 0 Å². The minimum Gasteiger partial charge on any atom is -2.00 e. The summed E-state index contributed by atoms with van der Waals surface area (Å²) in [6, 6.07) is 3.99. The van der Waals surface area contributed by atoms with Crippen LogP contribution in [-0.2, 0) is 43.0 Å². The van der Waals surface area contributed by atoms with Gasteiger partial charge in [-0.3, -0.25) is 0 Å². The van der Waals surface area contributed by atoms with Crippen LogP contribution in [0.5, 0.6) is 0 Å². The predicted molar refractivity (Wildman–Crippen MR) is 121 cm³/mol. The molecule has 0 aliphatic heterocycles. The van der Waals surface area contributed by atoms with Gasteiger partial charge in [0.25, 0.3) is 0 Å². The summed E-state index contributed by atoms with van der Waals surface area (Å²) in [5.74, 6) is 0. The summed E-state index contributed by atoms with van der Waals surface area (Å²) in [5.41, 5.74) is 0. The Bertz CT molecular complexity index is 295. The van der Waals surface area contributed by atoms with Crippen LogP contribution in [0.2, 0.25) is 0 Å². The summed E-state index contributed by atoms with van der Waals surface area (Å²) in [6.45, 7) is 0. The molecule has 8 N–H and O–H groups in total. The number of quaternary nitrogens is 2. The van der Waals surface area contributed by atoms with E-state index in [2.05, 4.69) is 10.6 Å². The van der Waals surface area contributed by atoms with Crippen molar-refractivity contribution in [1.29, 1.82) is 0 Å². The van der Waals surface area contributed by atoms with Crippen molar-refractivity contribution < 1.29 is 64.6 Å². The van der Waals surface area contributed by atoms with E-state index in [9.17, 15) is 0 Å². The summed E-state index contributed by atoms with van der Waals surface area (Å²) in [5, 5.41) is 5.44. The molecule has 0 aromatic heterocycles. The zero-order valence-corrected chi connectivity index (χ0v) is 23.6. The van der Waals surface area contributed by atoms with Gasteiger partial charge in [-0.25, -0.2) is 0 Å². The Morgan fingerprint density at radius 3 is 0.606 bits per heavy atom. The first kappa shape index (κ1) is 43.4. The van der Waals surface area contributed by atoms with Gasteiger partial charge in [-0.1, -0.05) is 25.7 Å². The van der Waals surface area contributed by atoms with E-state index >= 15 is 0 Å². The molecule has 4 rings (SSSR count). The van der Waals surface area contributed by atoms with Crippen LogP contribution < -0.4 is 10.6 Å². The van der Waals surface area contributed by atoms with Gasteiger partial charge < -0.3 is 43.5 Å². The van der Waals surface area contributed by atoms with E-state index < -0.39 is 0 Å². The second-order valence-electron chi connectivity index (χ2n) is 9.98. The standard InChI is InChI=1S/2C12H23N.2H2O.4O.W/c2*1-3-7-11(8-4-1)13-12-9-5-2-6-10-12;;;;;;;/h2*11-13H,1-10H2;2*1H2;;;;;/q;;;;4*-2;/p+2. The molecule has 0 radical (unpaired) electrons. The van der Waals surface area contributed by atoms with E-state index in [0.29, 0.717) is 0 Å². The molecular formula is C24H52N2O6W-6. The largest absolute Gasteiger partial charge is 2.00 e. The Hall–Kier alpha value is 0.368. The Balaban J connectivity index is -0.000000131. The van der Waals surface area contributed by atoms with Crippen LogP contribution >= 0.6 is 0 Å². The second kappa shape index (κ2) is 27.0. The smallest absolute Gasteiger partial charge is 0.0861 e. The molecule has 0 heterocycles. The Labute approximate surface area is 216 Å². The van der Waals surface area contributed by atoms with E-state index in [0.717, 1.165) is 24.2 Å². The van der Waals surface area contributed by atoms with Gasteiger partial charge in [-0.2, -0.15) is 0 Å². The molecule has 33 heavy (non-hydrogen) atoms. The molecule has 0 atom stereocenters. The Morgan fingerprint density at radius 1 is 0.303 bits per heavy atom. The first-order chi connectivity index (χ1) is 12.9. The molecule has 4 aliphatic carbocycles. The maximum Gasteiger partial charge on any atom is 0.0861 e. The van der Waals surface area contributed by atoms with Crippen LogP contribution in [0.4, 0.5) is 0 Å². The van der Waals surface area contributed by atoms with Crippen LogP contribution in [0.3, 0.4) is 0 Å². The molecule has 0 bridgehead atoms. The van der Waals surface area contributed by atoms with Gasteiger partial charge in [0.15, 0.2) is 0 Å². The maximum absolute atomic E-state index is 2.72. The van der Waals surface area contributed by atoms with Gasteiger partial charge in [0, 0.05) is 21.1 Å². The topological polar surface area (TPSA) is 210 Å². The number of hydrogen-bond donors (Lipinski definition) is 2. The fourth-order valence-corrected chi connectivity index (χ4v) is 6.08. The molecule has 0 saturated heterocycles. The molecule has 0 aromatic carbocycles. The minimum absolute atomic E-state index is 0. The number of rotatable bonds is 4. The molecule has 9 heteroatoms.